The number of methoxy groups -OCH3 is 1. The number of morpholine rings is 1. The second kappa shape index (κ2) is 9.77. The molecule has 1 saturated heterocycles. The molecular formula is C28H29NO4. The second-order valence-corrected chi connectivity index (χ2v) is 8.67. The van der Waals surface area contributed by atoms with Gasteiger partial charge in [-0.2, -0.15) is 0 Å². The van der Waals surface area contributed by atoms with Crippen molar-refractivity contribution in [2.24, 2.45) is 0 Å². The summed E-state index contributed by atoms with van der Waals surface area (Å²) in [4.78, 5) is 15.3. The van der Waals surface area contributed by atoms with Gasteiger partial charge in [-0.1, -0.05) is 48.5 Å². The van der Waals surface area contributed by atoms with Crippen LogP contribution in [0.2, 0.25) is 0 Å². The molecule has 0 aliphatic carbocycles. The van der Waals surface area contributed by atoms with Crippen molar-refractivity contribution >= 4 is 5.78 Å². The molecule has 0 bridgehead atoms. The monoisotopic (exact) mass is 443 g/mol. The molecule has 33 heavy (non-hydrogen) atoms. The first kappa shape index (κ1) is 21.7. The Morgan fingerprint density at radius 3 is 2.58 bits per heavy atom. The number of nitrogens with zero attached hydrogens (tertiary/aromatic N) is 1. The van der Waals surface area contributed by atoms with Gasteiger partial charge in [0.1, 0.15) is 17.6 Å². The molecule has 0 aromatic heterocycles. The molecule has 2 heterocycles. The maximum Gasteiger partial charge on any atom is 0.170 e. The van der Waals surface area contributed by atoms with Gasteiger partial charge in [-0.05, 0) is 40.8 Å². The van der Waals surface area contributed by atoms with Crippen molar-refractivity contribution in [3.63, 3.8) is 0 Å². The number of carbonyl (C=O) groups excluding carboxylic acids is 1. The van der Waals surface area contributed by atoms with Gasteiger partial charge < -0.3 is 14.2 Å². The summed E-state index contributed by atoms with van der Waals surface area (Å²) in [6, 6.07) is 22.5. The third-order valence-electron chi connectivity index (χ3n) is 6.47. The van der Waals surface area contributed by atoms with Crippen LogP contribution in [0.4, 0.5) is 0 Å². The first-order chi connectivity index (χ1) is 16.2. The summed E-state index contributed by atoms with van der Waals surface area (Å²) in [5, 5.41) is 0. The van der Waals surface area contributed by atoms with Crippen molar-refractivity contribution in [3.05, 3.63) is 94.5 Å². The van der Waals surface area contributed by atoms with Crippen molar-refractivity contribution in [3.8, 4) is 11.5 Å². The standard InChI is InChI=1S/C28H29NO4/c1-31-24-9-10-25-26(30)18-27(33-28(25)17-24)21-7-8-22(19-29-11-13-32-14-12-29)23(16-21)15-20-5-3-2-4-6-20/h2-10,16-17,27H,11-15,18-19H2,1H3. The SMILES string of the molecule is COc1ccc2c(c1)OC(c1ccc(CN3CCOCC3)c(Cc3ccccc3)c1)CC2=O. The van der Waals surface area contributed by atoms with Crippen molar-refractivity contribution < 1.29 is 19.0 Å². The summed E-state index contributed by atoms with van der Waals surface area (Å²) < 4.78 is 17.1. The van der Waals surface area contributed by atoms with Crippen LogP contribution in [-0.2, 0) is 17.7 Å². The zero-order chi connectivity index (χ0) is 22.6. The van der Waals surface area contributed by atoms with Gasteiger partial charge in [0.15, 0.2) is 5.78 Å². The highest BCUT2D eigenvalue weighted by Gasteiger charge is 2.28. The van der Waals surface area contributed by atoms with Crippen molar-refractivity contribution in [1.29, 1.82) is 0 Å². The zero-order valence-corrected chi connectivity index (χ0v) is 19.0. The molecule has 5 rings (SSSR count). The van der Waals surface area contributed by atoms with Gasteiger partial charge in [-0.25, -0.2) is 0 Å². The molecular weight excluding hydrogens is 414 g/mol. The first-order valence-corrected chi connectivity index (χ1v) is 11.5. The molecule has 2 aliphatic heterocycles. The van der Waals surface area contributed by atoms with E-state index in [2.05, 4.69) is 47.4 Å². The largest absolute Gasteiger partial charge is 0.497 e. The van der Waals surface area contributed by atoms with E-state index in [4.69, 9.17) is 14.2 Å². The van der Waals surface area contributed by atoms with Gasteiger partial charge in [0.25, 0.3) is 0 Å². The first-order valence-electron chi connectivity index (χ1n) is 11.5. The number of ether oxygens (including phenoxy) is 3. The predicted molar refractivity (Wildman–Crippen MR) is 127 cm³/mol. The summed E-state index contributed by atoms with van der Waals surface area (Å²) in [5.74, 6) is 1.39. The van der Waals surface area contributed by atoms with E-state index < -0.39 is 0 Å². The fraction of sp³-hybridized carbons (Fsp3) is 0.321. The smallest absolute Gasteiger partial charge is 0.170 e. The molecule has 3 aromatic carbocycles. The van der Waals surface area contributed by atoms with E-state index in [9.17, 15) is 4.79 Å². The molecule has 170 valence electrons. The third kappa shape index (κ3) is 4.95. The molecule has 0 radical (unpaired) electrons. The van der Waals surface area contributed by atoms with Crippen molar-refractivity contribution in [1.82, 2.24) is 4.90 Å². The average Bonchev–Trinajstić information content (AvgIpc) is 2.86. The predicted octanol–water partition coefficient (Wildman–Crippen LogP) is 4.82. The average molecular weight is 444 g/mol. The molecule has 0 N–H and O–H groups in total. The van der Waals surface area contributed by atoms with Crippen LogP contribution in [-0.4, -0.2) is 44.1 Å². The number of hydrogen-bond donors (Lipinski definition) is 0. The molecule has 1 atom stereocenters. The van der Waals surface area contributed by atoms with E-state index in [1.54, 1.807) is 25.3 Å². The molecule has 5 heteroatoms. The van der Waals surface area contributed by atoms with Crippen LogP contribution in [0, 0.1) is 0 Å². The number of hydrogen-bond acceptors (Lipinski definition) is 5. The molecule has 3 aromatic rings. The van der Waals surface area contributed by atoms with E-state index in [0.29, 0.717) is 23.5 Å². The van der Waals surface area contributed by atoms with Gasteiger partial charge in [0.05, 0.1) is 32.3 Å². The van der Waals surface area contributed by atoms with Gasteiger partial charge in [0, 0.05) is 25.7 Å². The summed E-state index contributed by atoms with van der Waals surface area (Å²) in [5.41, 5.74) is 5.52. The third-order valence-corrected chi connectivity index (χ3v) is 6.47. The number of rotatable bonds is 6. The normalized spacial score (nSPS) is 18.5. The zero-order valence-electron chi connectivity index (χ0n) is 19.0. The lowest BCUT2D eigenvalue weighted by molar-refractivity contribution is 0.0341. The van der Waals surface area contributed by atoms with Crippen molar-refractivity contribution in [2.45, 2.75) is 25.5 Å². The van der Waals surface area contributed by atoms with E-state index in [1.165, 1.54) is 16.7 Å². The number of fused-ring (bicyclic) bond motifs is 1. The highest BCUT2D eigenvalue weighted by Crippen LogP contribution is 2.37. The Balaban J connectivity index is 1.45. The fourth-order valence-corrected chi connectivity index (χ4v) is 4.60. The van der Waals surface area contributed by atoms with Crippen molar-refractivity contribution in [2.75, 3.05) is 33.4 Å². The highest BCUT2D eigenvalue weighted by molar-refractivity contribution is 6.00. The lowest BCUT2D eigenvalue weighted by Crippen LogP contribution is -2.35. The lowest BCUT2D eigenvalue weighted by Gasteiger charge is -2.29. The Bertz CT molecular complexity index is 1120. The van der Waals surface area contributed by atoms with Gasteiger partial charge in [0.2, 0.25) is 0 Å². The lowest BCUT2D eigenvalue weighted by atomic mass is 9.91. The molecule has 5 nitrogen and oxygen atoms in total. The molecule has 1 unspecified atom stereocenters. The minimum Gasteiger partial charge on any atom is -0.497 e. The molecule has 0 spiro atoms. The number of ketones is 1. The second-order valence-electron chi connectivity index (χ2n) is 8.67. The number of Topliss-reactive ketones (excluding diaryl/α,β-unsaturated/α-hetero) is 1. The summed E-state index contributed by atoms with van der Waals surface area (Å²) in [7, 11) is 1.62. The van der Waals surface area contributed by atoms with Crippen LogP contribution in [0.5, 0.6) is 11.5 Å². The molecule has 0 saturated carbocycles. The Kier molecular flexibility index (Phi) is 6.42. The summed E-state index contributed by atoms with van der Waals surface area (Å²) in [6.45, 7) is 4.37. The van der Waals surface area contributed by atoms with Crippen LogP contribution in [0.1, 0.15) is 45.1 Å². The van der Waals surface area contributed by atoms with E-state index in [1.807, 2.05) is 6.07 Å². The van der Waals surface area contributed by atoms with Crippen LogP contribution < -0.4 is 9.47 Å². The van der Waals surface area contributed by atoms with Gasteiger partial charge >= 0.3 is 0 Å². The number of carbonyl (C=O) groups is 1. The van der Waals surface area contributed by atoms with E-state index in [-0.39, 0.29) is 11.9 Å². The maximum atomic E-state index is 12.8. The highest BCUT2D eigenvalue weighted by atomic mass is 16.5. The van der Waals surface area contributed by atoms with Crippen LogP contribution in [0.25, 0.3) is 0 Å². The van der Waals surface area contributed by atoms with Crippen LogP contribution >= 0.6 is 0 Å². The molecule has 1 fully saturated rings. The maximum absolute atomic E-state index is 12.8. The summed E-state index contributed by atoms with van der Waals surface area (Å²) >= 11 is 0. The summed E-state index contributed by atoms with van der Waals surface area (Å²) in [6.07, 6.45) is 0.885. The Labute approximate surface area is 194 Å². The molecule has 0 amide bonds. The number of benzene rings is 3. The minimum atomic E-state index is -0.302. The Morgan fingerprint density at radius 2 is 1.79 bits per heavy atom. The fourth-order valence-electron chi connectivity index (χ4n) is 4.60. The van der Waals surface area contributed by atoms with E-state index in [0.717, 1.165) is 44.8 Å². The molecule has 2 aliphatic rings. The van der Waals surface area contributed by atoms with E-state index >= 15 is 0 Å². The Hall–Kier alpha value is -3.15. The topological polar surface area (TPSA) is 48.0 Å². The minimum absolute atomic E-state index is 0.103. The van der Waals surface area contributed by atoms with Gasteiger partial charge in [-0.15, -0.1) is 0 Å². The Morgan fingerprint density at radius 1 is 0.970 bits per heavy atom. The van der Waals surface area contributed by atoms with Crippen LogP contribution in [0.3, 0.4) is 0 Å². The van der Waals surface area contributed by atoms with Gasteiger partial charge in [-0.3, -0.25) is 9.69 Å². The quantitative estimate of drug-likeness (QED) is 0.546. The van der Waals surface area contributed by atoms with Crippen LogP contribution in [0.15, 0.2) is 66.7 Å².